The van der Waals surface area contributed by atoms with Crippen molar-refractivity contribution in [3.8, 4) is 0 Å². The molecule has 2 aromatic rings. The van der Waals surface area contributed by atoms with Gasteiger partial charge in [-0.25, -0.2) is 0 Å². The van der Waals surface area contributed by atoms with Crippen molar-refractivity contribution in [3.05, 3.63) is 44.6 Å². The van der Waals surface area contributed by atoms with Gasteiger partial charge < -0.3 is 5.32 Å². The molecule has 0 saturated heterocycles. The van der Waals surface area contributed by atoms with Crippen molar-refractivity contribution in [1.82, 2.24) is 10.2 Å². The first-order chi connectivity index (χ1) is 8.49. The lowest BCUT2D eigenvalue weighted by molar-refractivity contribution is 0.102. The summed E-state index contributed by atoms with van der Waals surface area (Å²) >= 11 is 9.20. The summed E-state index contributed by atoms with van der Waals surface area (Å²) in [6, 6.07) is 5.19. The summed E-state index contributed by atoms with van der Waals surface area (Å²) in [7, 11) is 0. The predicted molar refractivity (Wildman–Crippen MR) is 75.2 cm³/mol. The van der Waals surface area contributed by atoms with Crippen molar-refractivity contribution in [2.45, 2.75) is 13.8 Å². The van der Waals surface area contributed by atoms with Gasteiger partial charge in [0.2, 0.25) is 0 Å². The Kier molecular flexibility index (Phi) is 3.73. The van der Waals surface area contributed by atoms with E-state index in [4.69, 9.17) is 11.6 Å². The fraction of sp³-hybridized carbons (Fsp3) is 0.167. The summed E-state index contributed by atoms with van der Waals surface area (Å²) in [5, 5.41) is 10.2. The Balaban J connectivity index is 2.27. The summed E-state index contributed by atoms with van der Waals surface area (Å²) in [5.41, 5.74) is 2.66. The lowest BCUT2D eigenvalue weighted by atomic mass is 10.2. The highest BCUT2D eigenvalue weighted by molar-refractivity contribution is 9.10. The summed E-state index contributed by atoms with van der Waals surface area (Å²) in [6.45, 7) is 3.60. The molecule has 0 fully saturated rings. The quantitative estimate of drug-likeness (QED) is 0.883. The van der Waals surface area contributed by atoms with Crippen molar-refractivity contribution in [2.24, 2.45) is 0 Å². The van der Waals surface area contributed by atoms with Crippen LogP contribution in [0.1, 0.15) is 21.7 Å². The van der Waals surface area contributed by atoms with Crippen LogP contribution < -0.4 is 5.32 Å². The molecule has 94 valence electrons. The zero-order chi connectivity index (χ0) is 13.3. The number of benzene rings is 1. The lowest BCUT2D eigenvalue weighted by Crippen LogP contribution is -2.14. The second-order valence-corrected chi connectivity index (χ2v) is 5.18. The van der Waals surface area contributed by atoms with Gasteiger partial charge in [-0.15, -0.1) is 0 Å². The molecule has 0 atom stereocenters. The first kappa shape index (κ1) is 13.1. The van der Waals surface area contributed by atoms with Crippen molar-refractivity contribution in [3.63, 3.8) is 0 Å². The van der Waals surface area contributed by atoms with Crippen molar-refractivity contribution < 1.29 is 4.79 Å². The van der Waals surface area contributed by atoms with E-state index in [1.165, 1.54) is 0 Å². The number of aromatic amines is 1. The maximum Gasteiger partial charge on any atom is 0.259 e. The molecule has 0 radical (unpaired) electrons. The predicted octanol–water partition coefficient (Wildman–Crippen LogP) is 3.69. The van der Waals surface area contributed by atoms with Gasteiger partial charge in [0.15, 0.2) is 0 Å². The standard InChI is InChI=1S/C12H11BrClN3O/c1-6-11(7(2)17-16-6)12(18)15-10-4-3-8(14)5-9(10)13/h3-5H,1-2H3,(H,15,18)(H,16,17). The lowest BCUT2D eigenvalue weighted by Gasteiger charge is -2.07. The molecule has 18 heavy (non-hydrogen) atoms. The first-order valence-electron chi connectivity index (χ1n) is 5.27. The summed E-state index contributed by atoms with van der Waals surface area (Å²) in [5.74, 6) is -0.193. The fourth-order valence-corrected chi connectivity index (χ4v) is 2.44. The first-order valence-corrected chi connectivity index (χ1v) is 6.44. The number of aryl methyl sites for hydroxylation is 2. The van der Waals surface area contributed by atoms with Gasteiger partial charge in [-0.1, -0.05) is 11.6 Å². The van der Waals surface area contributed by atoms with E-state index in [9.17, 15) is 4.79 Å². The molecule has 1 aromatic heterocycles. The third-order valence-corrected chi connectivity index (χ3v) is 3.43. The molecule has 1 aromatic carbocycles. The maximum atomic E-state index is 12.1. The summed E-state index contributed by atoms with van der Waals surface area (Å²) in [6.07, 6.45) is 0. The van der Waals surface area contributed by atoms with Crippen LogP contribution in [0.25, 0.3) is 0 Å². The van der Waals surface area contributed by atoms with Crippen LogP contribution in [0.5, 0.6) is 0 Å². The van der Waals surface area contributed by atoms with Gasteiger partial charge in [0, 0.05) is 15.2 Å². The molecule has 0 aliphatic heterocycles. The second kappa shape index (κ2) is 5.12. The van der Waals surface area contributed by atoms with Crippen molar-refractivity contribution in [1.29, 1.82) is 0 Å². The average Bonchev–Trinajstić information content (AvgIpc) is 2.62. The van der Waals surface area contributed by atoms with E-state index in [1.807, 2.05) is 6.92 Å². The number of aromatic nitrogens is 2. The number of rotatable bonds is 2. The van der Waals surface area contributed by atoms with Crippen LogP contribution in [-0.4, -0.2) is 16.1 Å². The summed E-state index contributed by atoms with van der Waals surface area (Å²) < 4.78 is 0.738. The molecule has 0 saturated carbocycles. The zero-order valence-electron chi connectivity index (χ0n) is 9.84. The number of amides is 1. The summed E-state index contributed by atoms with van der Waals surface area (Å²) in [4.78, 5) is 12.1. The van der Waals surface area contributed by atoms with Gasteiger partial charge in [-0.05, 0) is 48.0 Å². The smallest absolute Gasteiger partial charge is 0.259 e. The van der Waals surface area contributed by atoms with Crippen LogP contribution in [0.15, 0.2) is 22.7 Å². The molecular formula is C12H11BrClN3O. The number of hydrogen-bond acceptors (Lipinski definition) is 2. The molecule has 2 N–H and O–H groups in total. The number of nitrogens with one attached hydrogen (secondary N) is 2. The second-order valence-electron chi connectivity index (χ2n) is 3.89. The topological polar surface area (TPSA) is 57.8 Å². The number of halogens is 2. The minimum atomic E-state index is -0.193. The van der Waals surface area contributed by atoms with Gasteiger partial charge in [-0.2, -0.15) is 5.10 Å². The van der Waals surface area contributed by atoms with Crippen LogP contribution in [0.4, 0.5) is 5.69 Å². The Hall–Kier alpha value is -1.33. The molecule has 1 amide bonds. The third kappa shape index (κ3) is 2.57. The average molecular weight is 329 g/mol. The molecule has 1 heterocycles. The van der Waals surface area contributed by atoms with Crippen LogP contribution in [0.3, 0.4) is 0 Å². The molecule has 2 rings (SSSR count). The molecule has 0 spiro atoms. The molecule has 0 bridgehead atoms. The highest BCUT2D eigenvalue weighted by Crippen LogP contribution is 2.26. The number of carbonyl (C=O) groups excluding carboxylic acids is 1. The largest absolute Gasteiger partial charge is 0.321 e. The number of anilines is 1. The number of hydrogen-bond donors (Lipinski definition) is 2. The maximum absolute atomic E-state index is 12.1. The van der Waals surface area contributed by atoms with Gasteiger partial charge in [0.05, 0.1) is 16.9 Å². The normalized spacial score (nSPS) is 10.4. The van der Waals surface area contributed by atoms with Gasteiger partial charge in [-0.3, -0.25) is 9.89 Å². The van der Waals surface area contributed by atoms with E-state index >= 15 is 0 Å². The van der Waals surface area contributed by atoms with Gasteiger partial charge in [0.1, 0.15) is 0 Å². The van der Waals surface area contributed by atoms with Crippen LogP contribution in [0, 0.1) is 13.8 Å². The minimum Gasteiger partial charge on any atom is -0.321 e. The molecule has 6 heteroatoms. The van der Waals surface area contributed by atoms with E-state index in [-0.39, 0.29) is 5.91 Å². The third-order valence-electron chi connectivity index (χ3n) is 2.53. The van der Waals surface area contributed by atoms with Crippen LogP contribution >= 0.6 is 27.5 Å². The Morgan fingerprint density at radius 2 is 2.17 bits per heavy atom. The Bertz CT molecular complexity index is 590. The Labute approximate surface area is 118 Å². The highest BCUT2D eigenvalue weighted by atomic mass is 79.9. The van der Waals surface area contributed by atoms with Gasteiger partial charge >= 0.3 is 0 Å². The van der Waals surface area contributed by atoms with Crippen LogP contribution in [0.2, 0.25) is 5.02 Å². The minimum absolute atomic E-state index is 0.193. The molecule has 4 nitrogen and oxygen atoms in total. The Morgan fingerprint density at radius 3 is 2.72 bits per heavy atom. The zero-order valence-corrected chi connectivity index (χ0v) is 12.2. The number of nitrogens with zero attached hydrogens (tertiary/aromatic N) is 1. The molecule has 0 unspecified atom stereocenters. The Morgan fingerprint density at radius 1 is 1.44 bits per heavy atom. The van der Waals surface area contributed by atoms with Gasteiger partial charge in [0.25, 0.3) is 5.91 Å². The highest BCUT2D eigenvalue weighted by Gasteiger charge is 2.16. The fourth-order valence-electron chi connectivity index (χ4n) is 1.66. The molecular weight excluding hydrogens is 318 g/mol. The van der Waals surface area contributed by atoms with E-state index in [0.29, 0.717) is 22.0 Å². The van der Waals surface area contributed by atoms with E-state index in [0.717, 1.165) is 10.2 Å². The molecule has 0 aliphatic carbocycles. The molecule has 0 aliphatic rings. The van der Waals surface area contributed by atoms with Crippen molar-refractivity contribution in [2.75, 3.05) is 5.32 Å². The van der Waals surface area contributed by atoms with E-state index in [1.54, 1.807) is 25.1 Å². The SMILES string of the molecule is Cc1n[nH]c(C)c1C(=O)Nc1ccc(Cl)cc1Br. The van der Waals surface area contributed by atoms with E-state index in [2.05, 4.69) is 31.4 Å². The number of H-pyrrole nitrogens is 1. The monoisotopic (exact) mass is 327 g/mol. The van der Waals surface area contributed by atoms with Crippen molar-refractivity contribution >= 4 is 39.1 Å². The van der Waals surface area contributed by atoms with E-state index < -0.39 is 0 Å². The number of carbonyl (C=O) groups is 1. The van der Waals surface area contributed by atoms with Crippen LogP contribution in [-0.2, 0) is 0 Å².